The minimum Gasteiger partial charge on any atom is -0.401 e. The minimum atomic E-state index is -1.38. The van der Waals surface area contributed by atoms with Crippen LogP contribution in [0, 0.1) is 5.92 Å². The lowest BCUT2D eigenvalue weighted by atomic mass is 9.74. The lowest BCUT2D eigenvalue weighted by Crippen LogP contribution is -2.55. The molecule has 0 radical (unpaired) electrons. The van der Waals surface area contributed by atoms with E-state index in [-0.39, 0.29) is 18.0 Å². The molecule has 0 unspecified atom stereocenters. The SMILES string of the molecule is CC(C)C[C@H](NC(=O)[C@H](Cc1ccccc1)NC(=O)c1cnccn1)B1O[C@H]([C@H](O)CO)[C@@H]([C@H](O)CO)O1. The Labute approximate surface area is 221 Å². The van der Waals surface area contributed by atoms with Gasteiger partial charge in [0.15, 0.2) is 0 Å². The summed E-state index contributed by atoms with van der Waals surface area (Å²) in [6, 6.07) is 8.20. The molecule has 6 atom stereocenters. The van der Waals surface area contributed by atoms with E-state index in [1.165, 1.54) is 18.6 Å². The van der Waals surface area contributed by atoms with E-state index < -0.39 is 68.5 Å². The third kappa shape index (κ3) is 8.03. The van der Waals surface area contributed by atoms with Crippen LogP contribution >= 0.6 is 0 Å². The number of nitrogens with zero attached hydrogens (tertiary/aromatic N) is 2. The topological polar surface area (TPSA) is 183 Å². The van der Waals surface area contributed by atoms with E-state index in [9.17, 15) is 30.0 Å². The summed E-state index contributed by atoms with van der Waals surface area (Å²) < 4.78 is 11.7. The highest BCUT2D eigenvalue weighted by Crippen LogP contribution is 2.26. The Balaban J connectivity index is 1.81. The smallest absolute Gasteiger partial charge is 0.401 e. The average molecular weight is 530 g/mol. The molecule has 6 N–H and O–H groups in total. The van der Waals surface area contributed by atoms with Crippen LogP contribution in [0.4, 0.5) is 0 Å². The largest absolute Gasteiger partial charge is 0.481 e. The second-order valence-electron chi connectivity index (χ2n) is 9.62. The third-order valence-electron chi connectivity index (χ3n) is 6.12. The number of benzene rings is 1. The van der Waals surface area contributed by atoms with E-state index in [0.29, 0.717) is 6.42 Å². The maximum atomic E-state index is 13.6. The van der Waals surface area contributed by atoms with Crippen molar-refractivity contribution in [3.05, 3.63) is 60.2 Å². The third-order valence-corrected chi connectivity index (χ3v) is 6.12. The number of aromatic nitrogens is 2. The second kappa shape index (κ2) is 14.3. The van der Waals surface area contributed by atoms with Crippen LogP contribution in [0.2, 0.25) is 0 Å². The van der Waals surface area contributed by atoms with Gasteiger partial charge in [-0.1, -0.05) is 44.2 Å². The summed E-state index contributed by atoms with van der Waals surface area (Å²) in [4.78, 5) is 34.3. The molecule has 0 saturated carbocycles. The number of aliphatic hydroxyl groups excluding tert-OH is 4. The molecule has 1 saturated heterocycles. The van der Waals surface area contributed by atoms with E-state index in [0.717, 1.165) is 5.56 Å². The molecule has 3 rings (SSSR count). The van der Waals surface area contributed by atoms with E-state index in [1.54, 1.807) is 0 Å². The van der Waals surface area contributed by atoms with E-state index >= 15 is 0 Å². The van der Waals surface area contributed by atoms with Crippen molar-refractivity contribution in [1.82, 2.24) is 20.6 Å². The summed E-state index contributed by atoms with van der Waals surface area (Å²) in [5, 5.41) is 44.9. The first-order valence-electron chi connectivity index (χ1n) is 12.5. The van der Waals surface area contributed by atoms with Gasteiger partial charge in [0, 0.05) is 18.8 Å². The van der Waals surface area contributed by atoms with Gasteiger partial charge in [0.25, 0.3) is 5.91 Å². The van der Waals surface area contributed by atoms with Gasteiger partial charge in [0.1, 0.15) is 23.9 Å². The zero-order valence-corrected chi connectivity index (χ0v) is 21.4. The van der Waals surface area contributed by atoms with Crippen molar-refractivity contribution in [3.8, 4) is 0 Å². The van der Waals surface area contributed by atoms with Gasteiger partial charge in [-0.05, 0) is 17.9 Å². The Morgan fingerprint density at radius 1 is 1.00 bits per heavy atom. The Morgan fingerprint density at radius 3 is 2.16 bits per heavy atom. The van der Waals surface area contributed by atoms with Crippen molar-refractivity contribution in [1.29, 1.82) is 0 Å². The first kappa shape index (κ1) is 29.6. The van der Waals surface area contributed by atoms with Crippen LogP contribution in [0.5, 0.6) is 0 Å². The summed E-state index contributed by atoms with van der Waals surface area (Å²) in [5.74, 6) is -1.73. The highest BCUT2D eigenvalue weighted by atomic mass is 16.7. The molecule has 1 fully saturated rings. The molecular weight excluding hydrogens is 495 g/mol. The lowest BCUT2D eigenvalue weighted by Gasteiger charge is -2.26. The molecular formula is C25H35BN4O8. The molecule has 2 amide bonds. The van der Waals surface area contributed by atoms with Crippen molar-refractivity contribution in [2.75, 3.05) is 13.2 Å². The van der Waals surface area contributed by atoms with E-state index in [2.05, 4.69) is 20.6 Å². The van der Waals surface area contributed by atoms with Crippen molar-refractivity contribution < 1.29 is 39.3 Å². The Morgan fingerprint density at radius 2 is 1.63 bits per heavy atom. The lowest BCUT2D eigenvalue weighted by molar-refractivity contribution is -0.123. The van der Waals surface area contributed by atoms with Crippen LogP contribution in [0.15, 0.2) is 48.9 Å². The van der Waals surface area contributed by atoms with Gasteiger partial charge >= 0.3 is 7.12 Å². The standard InChI is InChI=1S/C25H35BN4O8/c1-15(2)10-21(26-37-22(19(33)13-31)23(38-26)20(34)14-32)30-24(35)17(11-16-6-4-3-5-7-16)29-25(36)18-12-27-8-9-28-18/h3-9,12,15,17,19-23,31-34H,10-11,13-14H2,1-2H3,(H,29,36)(H,30,35)/t17-,19+,20+,21-,22+,23+/m0/s1. The van der Waals surface area contributed by atoms with Gasteiger partial charge < -0.3 is 40.4 Å². The highest BCUT2D eigenvalue weighted by Gasteiger charge is 2.50. The van der Waals surface area contributed by atoms with Gasteiger partial charge in [0.2, 0.25) is 5.91 Å². The van der Waals surface area contributed by atoms with Gasteiger partial charge in [-0.25, -0.2) is 4.98 Å². The predicted octanol–water partition coefficient (Wildman–Crippen LogP) is -1.13. The summed E-state index contributed by atoms with van der Waals surface area (Å²) >= 11 is 0. The number of nitrogens with one attached hydrogen (secondary N) is 2. The molecule has 1 aliphatic rings. The van der Waals surface area contributed by atoms with Crippen molar-refractivity contribution >= 4 is 18.9 Å². The molecule has 13 heteroatoms. The summed E-state index contributed by atoms with van der Waals surface area (Å²) in [7, 11) is -1.09. The predicted molar refractivity (Wildman–Crippen MR) is 137 cm³/mol. The first-order chi connectivity index (χ1) is 18.2. The molecule has 2 heterocycles. The monoisotopic (exact) mass is 530 g/mol. The van der Waals surface area contributed by atoms with E-state index in [1.807, 2.05) is 44.2 Å². The van der Waals surface area contributed by atoms with Crippen molar-refractivity contribution in [2.24, 2.45) is 5.92 Å². The van der Waals surface area contributed by atoms with Crippen molar-refractivity contribution in [3.63, 3.8) is 0 Å². The maximum absolute atomic E-state index is 13.6. The zero-order chi connectivity index (χ0) is 27.7. The highest BCUT2D eigenvalue weighted by molar-refractivity contribution is 6.47. The molecule has 1 aliphatic heterocycles. The van der Waals surface area contributed by atoms with Crippen LogP contribution in [0.1, 0.15) is 36.3 Å². The average Bonchev–Trinajstić information content (AvgIpc) is 3.38. The van der Waals surface area contributed by atoms with Gasteiger partial charge in [-0.15, -0.1) is 0 Å². The molecule has 0 bridgehead atoms. The van der Waals surface area contributed by atoms with Crippen LogP contribution in [-0.2, 0) is 20.5 Å². The summed E-state index contributed by atoms with van der Waals surface area (Å²) in [6.45, 7) is 2.57. The number of carbonyl (C=O) groups is 2. The fourth-order valence-electron chi connectivity index (χ4n) is 4.25. The van der Waals surface area contributed by atoms with Gasteiger partial charge in [0.05, 0.1) is 37.6 Å². The Kier molecular flexibility index (Phi) is 11.1. The van der Waals surface area contributed by atoms with Gasteiger partial charge in [-0.3, -0.25) is 14.6 Å². The number of rotatable bonds is 13. The molecule has 1 aromatic heterocycles. The summed E-state index contributed by atoms with van der Waals surface area (Å²) in [6.07, 6.45) is -0.307. The number of carbonyl (C=O) groups excluding carboxylic acids is 2. The molecule has 38 heavy (non-hydrogen) atoms. The molecule has 2 aromatic rings. The van der Waals surface area contributed by atoms with Crippen LogP contribution < -0.4 is 10.6 Å². The minimum absolute atomic E-state index is 0.0567. The number of aliphatic hydroxyl groups is 4. The number of hydrogen-bond donors (Lipinski definition) is 6. The van der Waals surface area contributed by atoms with Crippen LogP contribution in [0.3, 0.4) is 0 Å². The first-order valence-corrected chi connectivity index (χ1v) is 12.5. The van der Waals surface area contributed by atoms with E-state index in [4.69, 9.17) is 9.31 Å². The Hall–Kier alpha value is -2.94. The normalized spacial score (nSPS) is 20.6. The molecule has 206 valence electrons. The van der Waals surface area contributed by atoms with Crippen molar-refractivity contribution in [2.45, 2.75) is 63.1 Å². The fraction of sp³-hybridized carbons (Fsp3) is 0.520. The molecule has 12 nitrogen and oxygen atoms in total. The van der Waals surface area contributed by atoms with Crippen LogP contribution in [0.25, 0.3) is 0 Å². The fourth-order valence-corrected chi connectivity index (χ4v) is 4.25. The second-order valence-corrected chi connectivity index (χ2v) is 9.62. The summed E-state index contributed by atoms with van der Waals surface area (Å²) in [5.41, 5.74) is 0.874. The van der Waals surface area contributed by atoms with Gasteiger partial charge in [-0.2, -0.15) is 0 Å². The quantitative estimate of drug-likeness (QED) is 0.173. The molecule has 0 spiro atoms. The number of hydrogen-bond acceptors (Lipinski definition) is 10. The molecule has 0 aliphatic carbocycles. The zero-order valence-electron chi connectivity index (χ0n) is 21.4. The number of amides is 2. The maximum Gasteiger partial charge on any atom is 0.481 e. The van der Waals surface area contributed by atoms with Crippen LogP contribution in [-0.4, -0.2) is 98.9 Å². The molecule has 1 aromatic carbocycles. The Bertz CT molecular complexity index is 1000.